The van der Waals surface area contributed by atoms with E-state index in [1.807, 2.05) is 0 Å². The summed E-state index contributed by atoms with van der Waals surface area (Å²) in [5.74, 6) is -2.05. The van der Waals surface area contributed by atoms with Gasteiger partial charge in [-0.3, -0.25) is 14.5 Å². The fourth-order valence-corrected chi connectivity index (χ4v) is 3.09. The Labute approximate surface area is 181 Å². The SMILES string of the molecule is CC(=O)N(c1ccc(F)c(C#N)c1)c1cc(NC(=O)Cc2cccc(F)c2Cl)ccn1. The van der Waals surface area contributed by atoms with Crippen LogP contribution in [0.1, 0.15) is 18.1 Å². The first-order valence-corrected chi connectivity index (χ1v) is 9.37. The molecule has 1 aromatic heterocycles. The van der Waals surface area contributed by atoms with Crippen molar-refractivity contribution < 1.29 is 18.4 Å². The van der Waals surface area contributed by atoms with Crippen LogP contribution in [0.4, 0.5) is 26.0 Å². The number of rotatable bonds is 5. The molecule has 3 rings (SSSR count). The first-order chi connectivity index (χ1) is 14.8. The number of aromatic nitrogens is 1. The minimum Gasteiger partial charge on any atom is -0.326 e. The highest BCUT2D eigenvalue weighted by molar-refractivity contribution is 6.31. The molecule has 0 unspecified atom stereocenters. The fraction of sp³-hybridized carbons (Fsp3) is 0.0909. The molecule has 0 radical (unpaired) electrons. The maximum atomic E-state index is 13.7. The molecule has 0 atom stereocenters. The number of hydrogen-bond acceptors (Lipinski definition) is 4. The molecule has 1 N–H and O–H groups in total. The first-order valence-electron chi connectivity index (χ1n) is 8.99. The Hall–Kier alpha value is -3.83. The van der Waals surface area contributed by atoms with Crippen molar-refractivity contribution in [1.82, 2.24) is 4.98 Å². The lowest BCUT2D eigenvalue weighted by Gasteiger charge is -2.21. The van der Waals surface area contributed by atoms with Gasteiger partial charge < -0.3 is 5.32 Å². The molecule has 31 heavy (non-hydrogen) atoms. The smallest absolute Gasteiger partial charge is 0.229 e. The van der Waals surface area contributed by atoms with Gasteiger partial charge >= 0.3 is 0 Å². The van der Waals surface area contributed by atoms with Gasteiger partial charge in [0.15, 0.2) is 0 Å². The molecule has 3 aromatic rings. The Morgan fingerprint density at radius 1 is 1.16 bits per heavy atom. The molecule has 0 saturated heterocycles. The van der Waals surface area contributed by atoms with E-state index in [1.54, 1.807) is 12.1 Å². The molecular weight excluding hydrogens is 426 g/mol. The number of pyridine rings is 1. The summed E-state index contributed by atoms with van der Waals surface area (Å²) in [6, 6.07) is 12.5. The van der Waals surface area contributed by atoms with Crippen molar-refractivity contribution in [2.75, 3.05) is 10.2 Å². The summed E-state index contributed by atoms with van der Waals surface area (Å²) in [4.78, 5) is 29.9. The van der Waals surface area contributed by atoms with Gasteiger partial charge in [-0.1, -0.05) is 23.7 Å². The highest BCUT2D eigenvalue weighted by Crippen LogP contribution is 2.28. The lowest BCUT2D eigenvalue weighted by Crippen LogP contribution is -2.24. The van der Waals surface area contributed by atoms with E-state index in [0.29, 0.717) is 11.3 Å². The number of amides is 2. The number of nitriles is 1. The monoisotopic (exact) mass is 440 g/mol. The van der Waals surface area contributed by atoms with Gasteiger partial charge in [0, 0.05) is 24.9 Å². The van der Waals surface area contributed by atoms with Crippen molar-refractivity contribution in [3.05, 3.63) is 82.5 Å². The molecule has 0 fully saturated rings. The maximum absolute atomic E-state index is 13.7. The third kappa shape index (κ3) is 5.02. The van der Waals surface area contributed by atoms with Crippen molar-refractivity contribution in [3.8, 4) is 6.07 Å². The number of nitrogens with one attached hydrogen (secondary N) is 1. The average Bonchev–Trinajstić information content (AvgIpc) is 2.73. The fourth-order valence-electron chi connectivity index (χ4n) is 2.89. The minimum absolute atomic E-state index is 0.125. The van der Waals surface area contributed by atoms with Crippen LogP contribution in [0.3, 0.4) is 0 Å². The van der Waals surface area contributed by atoms with E-state index >= 15 is 0 Å². The summed E-state index contributed by atoms with van der Waals surface area (Å²) in [5.41, 5.74) is 0.679. The first kappa shape index (κ1) is 21.9. The molecular formula is C22H15ClF2N4O2. The second-order valence-corrected chi connectivity index (χ2v) is 6.85. The molecule has 156 valence electrons. The Bertz CT molecular complexity index is 1210. The van der Waals surface area contributed by atoms with Crippen molar-refractivity contribution in [1.29, 1.82) is 5.26 Å². The van der Waals surface area contributed by atoms with Gasteiger partial charge in [0.2, 0.25) is 11.8 Å². The Morgan fingerprint density at radius 2 is 1.94 bits per heavy atom. The summed E-state index contributed by atoms with van der Waals surface area (Å²) in [5, 5.41) is 11.6. The minimum atomic E-state index is -0.709. The van der Waals surface area contributed by atoms with Gasteiger partial charge in [-0.15, -0.1) is 0 Å². The maximum Gasteiger partial charge on any atom is 0.229 e. The molecule has 6 nitrogen and oxygen atoms in total. The van der Waals surface area contributed by atoms with Crippen molar-refractivity contribution in [2.45, 2.75) is 13.3 Å². The summed E-state index contributed by atoms with van der Waals surface area (Å²) >= 11 is 5.89. The molecule has 0 aliphatic heterocycles. The lowest BCUT2D eigenvalue weighted by molar-refractivity contribution is -0.116. The molecule has 2 aromatic carbocycles. The van der Waals surface area contributed by atoms with Crippen molar-refractivity contribution >= 4 is 40.6 Å². The van der Waals surface area contributed by atoms with Gasteiger partial charge in [0.1, 0.15) is 23.5 Å². The quantitative estimate of drug-likeness (QED) is 0.620. The average molecular weight is 441 g/mol. The third-order valence-corrected chi connectivity index (χ3v) is 4.71. The van der Waals surface area contributed by atoms with Crippen LogP contribution in [0.15, 0.2) is 54.7 Å². The van der Waals surface area contributed by atoms with Crippen LogP contribution in [0.25, 0.3) is 0 Å². The zero-order valence-corrected chi connectivity index (χ0v) is 17.0. The number of carbonyl (C=O) groups excluding carboxylic acids is 2. The number of nitrogens with zero attached hydrogens (tertiary/aromatic N) is 3. The van der Waals surface area contributed by atoms with Gasteiger partial charge in [-0.2, -0.15) is 5.26 Å². The molecule has 0 bridgehead atoms. The Morgan fingerprint density at radius 3 is 2.65 bits per heavy atom. The summed E-state index contributed by atoms with van der Waals surface area (Å²) < 4.78 is 27.2. The number of benzene rings is 2. The lowest BCUT2D eigenvalue weighted by atomic mass is 10.1. The summed E-state index contributed by atoms with van der Waals surface area (Å²) in [6.45, 7) is 1.29. The number of halogens is 3. The molecule has 1 heterocycles. The zero-order chi connectivity index (χ0) is 22.5. The Balaban J connectivity index is 1.85. The standard InChI is InChI=1S/C22H15ClF2N4O2/c1-13(30)29(17-5-6-18(24)15(9-17)12-26)20-11-16(7-8-27-20)28-21(31)10-14-3-2-4-19(25)22(14)23/h2-9,11H,10H2,1H3,(H,27,28,31). The largest absolute Gasteiger partial charge is 0.326 e. The van der Waals surface area contributed by atoms with Crippen LogP contribution in [0.5, 0.6) is 0 Å². The number of hydrogen-bond donors (Lipinski definition) is 1. The topological polar surface area (TPSA) is 86.1 Å². The van der Waals surface area contributed by atoms with E-state index in [9.17, 15) is 18.4 Å². The van der Waals surface area contributed by atoms with E-state index in [4.69, 9.17) is 16.9 Å². The Kier molecular flexibility index (Phi) is 6.58. The predicted molar refractivity (Wildman–Crippen MR) is 112 cm³/mol. The predicted octanol–water partition coefficient (Wildman–Crippen LogP) is 4.75. The van der Waals surface area contributed by atoms with E-state index in [-0.39, 0.29) is 28.5 Å². The van der Waals surface area contributed by atoms with E-state index in [2.05, 4.69) is 10.3 Å². The number of carbonyl (C=O) groups is 2. The third-order valence-electron chi connectivity index (χ3n) is 4.28. The van der Waals surface area contributed by atoms with Crippen LogP contribution in [-0.4, -0.2) is 16.8 Å². The second-order valence-electron chi connectivity index (χ2n) is 6.47. The molecule has 2 amide bonds. The highest BCUT2D eigenvalue weighted by atomic mass is 35.5. The highest BCUT2D eigenvalue weighted by Gasteiger charge is 2.18. The van der Waals surface area contributed by atoms with Gasteiger partial charge in [0.05, 0.1) is 22.7 Å². The summed E-state index contributed by atoms with van der Waals surface area (Å²) in [7, 11) is 0. The van der Waals surface area contributed by atoms with E-state index in [1.165, 1.54) is 54.4 Å². The van der Waals surface area contributed by atoms with Crippen LogP contribution < -0.4 is 10.2 Å². The molecule has 0 spiro atoms. The molecule has 0 aliphatic rings. The van der Waals surface area contributed by atoms with Gasteiger partial charge in [0.25, 0.3) is 0 Å². The van der Waals surface area contributed by atoms with Crippen LogP contribution >= 0.6 is 11.6 Å². The molecule has 9 heteroatoms. The van der Waals surface area contributed by atoms with Crippen LogP contribution in [0, 0.1) is 23.0 Å². The van der Waals surface area contributed by atoms with E-state index < -0.39 is 23.4 Å². The normalized spacial score (nSPS) is 10.3. The van der Waals surface area contributed by atoms with Crippen LogP contribution in [0.2, 0.25) is 5.02 Å². The van der Waals surface area contributed by atoms with Crippen molar-refractivity contribution in [3.63, 3.8) is 0 Å². The van der Waals surface area contributed by atoms with Crippen molar-refractivity contribution in [2.24, 2.45) is 0 Å². The zero-order valence-electron chi connectivity index (χ0n) is 16.2. The van der Waals surface area contributed by atoms with E-state index in [0.717, 1.165) is 6.07 Å². The second kappa shape index (κ2) is 9.32. The molecule has 0 aliphatic carbocycles. The van der Waals surface area contributed by atoms with Crippen LogP contribution in [-0.2, 0) is 16.0 Å². The molecule has 0 saturated carbocycles. The summed E-state index contributed by atoms with van der Waals surface area (Å²) in [6.07, 6.45) is 1.22. The van der Waals surface area contributed by atoms with Gasteiger partial charge in [-0.05, 0) is 35.9 Å². The number of anilines is 3. The van der Waals surface area contributed by atoms with Gasteiger partial charge in [-0.25, -0.2) is 13.8 Å².